The summed E-state index contributed by atoms with van der Waals surface area (Å²) in [6, 6.07) is 8.07. The summed E-state index contributed by atoms with van der Waals surface area (Å²) in [6.45, 7) is 4.39. The summed E-state index contributed by atoms with van der Waals surface area (Å²) in [5.74, 6) is -0.0461. The van der Waals surface area contributed by atoms with Crippen LogP contribution in [0, 0.1) is 5.92 Å². The first-order chi connectivity index (χ1) is 11.6. The number of aromatic nitrogens is 3. The van der Waals surface area contributed by atoms with Crippen molar-refractivity contribution in [2.45, 2.75) is 26.3 Å². The van der Waals surface area contributed by atoms with Crippen LogP contribution in [0.5, 0.6) is 0 Å². The number of carbonyl (C=O) groups is 1. The van der Waals surface area contributed by atoms with Crippen LogP contribution in [0.4, 0.5) is 5.69 Å². The Kier molecular flexibility index (Phi) is 3.26. The number of nitrogens with zero attached hydrogens (tertiary/aromatic N) is 2. The first-order valence-corrected chi connectivity index (χ1v) is 8.09. The van der Waals surface area contributed by atoms with Crippen LogP contribution in [0.3, 0.4) is 0 Å². The molecule has 0 radical (unpaired) electrons. The third-order valence-corrected chi connectivity index (χ3v) is 4.47. The van der Waals surface area contributed by atoms with Gasteiger partial charge in [-0.3, -0.25) is 4.79 Å². The highest BCUT2D eigenvalue weighted by Crippen LogP contribution is 2.44. The fraction of sp³-hybridized carbons (Fsp3) is 0.278. The molecule has 2 aromatic heterocycles. The van der Waals surface area contributed by atoms with Crippen LogP contribution >= 0.6 is 0 Å². The first kappa shape index (κ1) is 14.7. The molecule has 24 heavy (non-hydrogen) atoms. The molecular weight excluding hydrogens is 302 g/mol. The number of amides is 1. The molecule has 0 aliphatic carbocycles. The quantitative estimate of drug-likeness (QED) is 0.690. The lowest BCUT2D eigenvalue weighted by Gasteiger charge is -2.20. The number of carbonyl (C=O) groups excluding carboxylic acids is 1. The zero-order valence-electron chi connectivity index (χ0n) is 13.6. The Morgan fingerprint density at radius 2 is 2.08 bits per heavy atom. The number of benzene rings is 1. The Balaban J connectivity index is 2.10. The number of aromatic amines is 1. The van der Waals surface area contributed by atoms with E-state index in [-0.39, 0.29) is 11.7 Å². The zero-order valence-corrected chi connectivity index (χ0v) is 13.6. The van der Waals surface area contributed by atoms with Crippen molar-refractivity contribution in [3.05, 3.63) is 41.7 Å². The standard InChI is InChI=1S/C18H19N5O/c1-9(2)7-13-11-8-20-18-15(11)14(16(17(19)24)22-23-18)10-5-3-4-6-12(10)21-13/h3-6,8-9,13,21H,7H2,1-2H3,(H2,19,24)(H,20,23). The summed E-state index contributed by atoms with van der Waals surface area (Å²) in [5, 5.41) is 12.8. The summed E-state index contributed by atoms with van der Waals surface area (Å²) in [4.78, 5) is 15.1. The van der Waals surface area contributed by atoms with Gasteiger partial charge in [0.2, 0.25) is 0 Å². The molecule has 4 N–H and O–H groups in total. The molecule has 3 heterocycles. The Morgan fingerprint density at radius 3 is 2.83 bits per heavy atom. The zero-order chi connectivity index (χ0) is 16.8. The number of anilines is 1. The molecule has 6 nitrogen and oxygen atoms in total. The van der Waals surface area contributed by atoms with Gasteiger partial charge < -0.3 is 16.0 Å². The predicted octanol–water partition coefficient (Wildman–Crippen LogP) is 3.24. The van der Waals surface area contributed by atoms with Crippen LogP contribution in [0.15, 0.2) is 30.5 Å². The van der Waals surface area contributed by atoms with Gasteiger partial charge in [0.25, 0.3) is 5.91 Å². The van der Waals surface area contributed by atoms with Crippen LogP contribution in [-0.4, -0.2) is 21.1 Å². The van der Waals surface area contributed by atoms with E-state index >= 15 is 0 Å². The Hall–Kier alpha value is -2.89. The highest BCUT2D eigenvalue weighted by atomic mass is 16.1. The topological polar surface area (TPSA) is 96.7 Å². The lowest BCUT2D eigenvalue weighted by atomic mass is 9.95. The fourth-order valence-electron chi connectivity index (χ4n) is 3.50. The second kappa shape index (κ2) is 5.33. The van der Waals surface area contributed by atoms with E-state index in [4.69, 9.17) is 5.73 Å². The van der Waals surface area contributed by atoms with Crippen LogP contribution in [0.1, 0.15) is 42.4 Å². The summed E-state index contributed by atoms with van der Waals surface area (Å²) in [5.41, 5.74) is 10.2. The van der Waals surface area contributed by atoms with E-state index in [9.17, 15) is 4.79 Å². The van der Waals surface area contributed by atoms with Crippen LogP contribution in [-0.2, 0) is 0 Å². The van der Waals surface area contributed by atoms with Gasteiger partial charge >= 0.3 is 0 Å². The lowest BCUT2D eigenvalue weighted by molar-refractivity contribution is 0.0995. The van der Waals surface area contributed by atoms with Gasteiger partial charge in [0, 0.05) is 34.0 Å². The van der Waals surface area contributed by atoms with E-state index in [2.05, 4.69) is 34.3 Å². The monoisotopic (exact) mass is 321 g/mol. The van der Waals surface area contributed by atoms with E-state index in [0.717, 1.165) is 34.2 Å². The van der Waals surface area contributed by atoms with E-state index in [1.807, 2.05) is 30.5 Å². The number of rotatable bonds is 3. The molecule has 1 atom stereocenters. The number of nitrogens with two attached hydrogens (primary N) is 1. The minimum atomic E-state index is -0.566. The average Bonchev–Trinajstić information content (AvgIpc) is 2.91. The van der Waals surface area contributed by atoms with Crippen LogP contribution < -0.4 is 11.1 Å². The SMILES string of the molecule is CC(C)CC1Nc2ccccc2-c2c(C(N)=O)nnc3[nH]cc1c23. The molecule has 122 valence electrons. The van der Waals surface area contributed by atoms with Crippen molar-refractivity contribution in [2.75, 3.05) is 5.32 Å². The minimum Gasteiger partial charge on any atom is -0.378 e. The molecule has 1 unspecified atom stereocenters. The van der Waals surface area contributed by atoms with Gasteiger partial charge in [-0.2, -0.15) is 0 Å². The van der Waals surface area contributed by atoms with Gasteiger partial charge in [0.15, 0.2) is 11.3 Å². The van der Waals surface area contributed by atoms with Gasteiger partial charge in [0.1, 0.15) is 0 Å². The van der Waals surface area contributed by atoms with E-state index in [0.29, 0.717) is 11.6 Å². The first-order valence-electron chi connectivity index (χ1n) is 8.09. The average molecular weight is 321 g/mol. The molecule has 0 saturated carbocycles. The van der Waals surface area contributed by atoms with Crippen molar-refractivity contribution >= 4 is 22.6 Å². The van der Waals surface area contributed by atoms with Gasteiger partial charge in [-0.05, 0) is 18.4 Å². The Labute approximate surface area is 139 Å². The Morgan fingerprint density at radius 1 is 1.29 bits per heavy atom. The molecule has 4 rings (SSSR count). The number of para-hydroxylation sites is 1. The molecule has 3 aromatic rings. The van der Waals surface area contributed by atoms with Gasteiger partial charge in [-0.25, -0.2) is 0 Å². The summed E-state index contributed by atoms with van der Waals surface area (Å²) >= 11 is 0. The highest BCUT2D eigenvalue weighted by molar-refractivity contribution is 6.09. The third kappa shape index (κ3) is 2.14. The molecule has 6 heteroatoms. The number of nitrogens with one attached hydrogen (secondary N) is 2. The van der Waals surface area contributed by atoms with E-state index < -0.39 is 5.91 Å². The maximum atomic E-state index is 12.0. The smallest absolute Gasteiger partial charge is 0.269 e. The predicted molar refractivity (Wildman–Crippen MR) is 93.7 cm³/mol. The normalized spacial score (nSPS) is 15.9. The lowest BCUT2D eigenvalue weighted by Crippen LogP contribution is -2.15. The maximum Gasteiger partial charge on any atom is 0.269 e. The maximum absolute atomic E-state index is 12.0. The largest absolute Gasteiger partial charge is 0.378 e. The van der Waals surface area contributed by atoms with Crippen molar-refractivity contribution in [3.8, 4) is 11.1 Å². The summed E-state index contributed by atoms with van der Waals surface area (Å²) in [7, 11) is 0. The molecule has 0 spiro atoms. The van der Waals surface area contributed by atoms with Crippen LogP contribution in [0.2, 0.25) is 0 Å². The van der Waals surface area contributed by atoms with Gasteiger partial charge in [-0.1, -0.05) is 32.0 Å². The van der Waals surface area contributed by atoms with Gasteiger partial charge in [-0.15, -0.1) is 10.2 Å². The fourth-order valence-corrected chi connectivity index (χ4v) is 3.50. The number of primary amides is 1. The van der Waals surface area contributed by atoms with E-state index in [1.165, 1.54) is 0 Å². The number of hydrogen-bond acceptors (Lipinski definition) is 4. The molecule has 1 aliphatic rings. The number of fused-ring (bicyclic) bond motifs is 2. The molecule has 0 bridgehead atoms. The molecule has 0 saturated heterocycles. The van der Waals surface area contributed by atoms with Crippen molar-refractivity contribution < 1.29 is 4.79 Å². The summed E-state index contributed by atoms with van der Waals surface area (Å²) in [6.07, 6.45) is 2.93. The van der Waals surface area contributed by atoms with E-state index in [1.54, 1.807) is 0 Å². The number of H-pyrrole nitrogens is 1. The molecule has 1 aromatic carbocycles. The van der Waals surface area contributed by atoms with Crippen molar-refractivity contribution in [1.29, 1.82) is 0 Å². The summed E-state index contributed by atoms with van der Waals surface area (Å²) < 4.78 is 0. The minimum absolute atomic E-state index is 0.131. The van der Waals surface area contributed by atoms with Crippen molar-refractivity contribution in [3.63, 3.8) is 0 Å². The second-order valence-corrected chi connectivity index (χ2v) is 6.63. The molecule has 0 fully saturated rings. The molecule has 1 aliphatic heterocycles. The molecular formula is C18H19N5O. The molecule has 1 amide bonds. The third-order valence-electron chi connectivity index (χ3n) is 4.47. The number of hydrogen-bond donors (Lipinski definition) is 3. The van der Waals surface area contributed by atoms with Crippen molar-refractivity contribution in [2.24, 2.45) is 11.7 Å². The van der Waals surface area contributed by atoms with Gasteiger partial charge in [0.05, 0.1) is 6.04 Å². The Bertz CT molecular complexity index is 944. The van der Waals surface area contributed by atoms with Crippen molar-refractivity contribution in [1.82, 2.24) is 15.2 Å². The second-order valence-electron chi connectivity index (χ2n) is 6.63. The highest BCUT2D eigenvalue weighted by Gasteiger charge is 2.29. The van der Waals surface area contributed by atoms with Crippen LogP contribution in [0.25, 0.3) is 22.2 Å².